The molecule has 0 aliphatic carbocycles. The van der Waals surface area contributed by atoms with E-state index < -0.39 is 12.1 Å². The van der Waals surface area contributed by atoms with Crippen LogP contribution in [-0.2, 0) is 20.7 Å². The van der Waals surface area contributed by atoms with Gasteiger partial charge in [-0.05, 0) is 48.4 Å². The molecule has 2 aromatic rings. The Labute approximate surface area is 195 Å². The van der Waals surface area contributed by atoms with E-state index in [2.05, 4.69) is 21.2 Å². The third kappa shape index (κ3) is 4.71. The molecule has 2 heterocycles. The van der Waals surface area contributed by atoms with E-state index in [1.165, 1.54) is 0 Å². The van der Waals surface area contributed by atoms with E-state index in [1.807, 2.05) is 55.4 Å². The van der Waals surface area contributed by atoms with Gasteiger partial charge in [0.25, 0.3) is 5.91 Å². The van der Waals surface area contributed by atoms with Gasteiger partial charge in [0.05, 0.1) is 6.10 Å². The zero-order valence-corrected chi connectivity index (χ0v) is 19.7. The summed E-state index contributed by atoms with van der Waals surface area (Å²) in [5.74, 6) is -0.651. The van der Waals surface area contributed by atoms with Crippen LogP contribution < -0.4 is 10.2 Å². The lowest BCUT2D eigenvalue weighted by molar-refractivity contribution is -0.138. The zero-order chi connectivity index (χ0) is 22.8. The lowest BCUT2D eigenvalue weighted by atomic mass is 10.0. The number of amides is 2. The standard InChI is InChI=1S/C24H26BrN3O4/c1-27(2)18-9-5-16(6-10-18)23(30)26-19(13-15-3-7-17(25)8-4-15)24(31)28-12-11-21-22(28)20(29)14-32-21/h3-10,19,21-22H,11-14H2,1-2H3,(H,26,30). The highest BCUT2D eigenvalue weighted by Gasteiger charge is 2.48. The molecule has 2 aliphatic heterocycles. The Bertz CT molecular complexity index is 1010. The predicted molar refractivity (Wildman–Crippen MR) is 125 cm³/mol. The Balaban J connectivity index is 1.55. The maximum atomic E-state index is 13.5. The fourth-order valence-corrected chi connectivity index (χ4v) is 4.51. The quantitative estimate of drug-likeness (QED) is 0.660. The molecule has 0 spiro atoms. The van der Waals surface area contributed by atoms with Crippen LogP contribution in [0.3, 0.4) is 0 Å². The summed E-state index contributed by atoms with van der Waals surface area (Å²) < 4.78 is 6.46. The molecular formula is C24H26BrN3O4. The average molecular weight is 500 g/mol. The molecule has 2 aliphatic rings. The fourth-order valence-electron chi connectivity index (χ4n) is 4.25. The Morgan fingerprint density at radius 3 is 2.50 bits per heavy atom. The normalized spacial score (nSPS) is 20.7. The SMILES string of the molecule is CN(C)c1ccc(C(=O)NC(Cc2ccc(Br)cc2)C(=O)N2CCC3OCC(=O)C32)cc1. The molecule has 1 N–H and O–H groups in total. The van der Waals surface area contributed by atoms with E-state index in [9.17, 15) is 14.4 Å². The van der Waals surface area contributed by atoms with Crippen molar-refractivity contribution in [2.45, 2.75) is 31.0 Å². The van der Waals surface area contributed by atoms with Crippen molar-refractivity contribution in [2.75, 3.05) is 32.1 Å². The number of anilines is 1. The number of ketones is 1. The number of halogens is 1. The van der Waals surface area contributed by atoms with Crippen molar-refractivity contribution in [2.24, 2.45) is 0 Å². The van der Waals surface area contributed by atoms with Gasteiger partial charge >= 0.3 is 0 Å². The summed E-state index contributed by atoms with van der Waals surface area (Å²) in [4.78, 5) is 42.3. The number of nitrogens with zero attached hydrogens (tertiary/aromatic N) is 2. The van der Waals surface area contributed by atoms with E-state index in [-0.39, 0.29) is 30.3 Å². The first-order chi connectivity index (χ1) is 15.3. The maximum Gasteiger partial charge on any atom is 0.251 e. The molecule has 2 aromatic carbocycles. The first kappa shape index (κ1) is 22.5. The molecule has 0 aromatic heterocycles. The summed E-state index contributed by atoms with van der Waals surface area (Å²) in [6.45, 7) is 0.491. The van der Waals surface area contributed by atoms with Crippen LogP contribution in [0.15, 0.2) is 53.0 Å². The second kappa shape index (κ2) is 9.42. The number of carbonyl (C=O) groups excluding carboxylic acids is 3. The lowest BCUT2D eigenvalue weighted by Crippen LogP contribution is -2.53. The van der Waals surface area contributed by atoms with Gasteiger partial charge in [-0.25, -0.2) is 0 Å². The summed E-state index contributed by atoms with van der Waals surface area (Å²) in [5, 5.41) is 2.91. The minimum atomic E-state index is -0.788. The number of fused-ring (bicyclic) bond motifs is 1. The van der Waals surface area contributed by atoms with Crippen LogP contribution in [0.1, 0.15) is 22.3 Å². The Kier molecular flexibility index (Phi) is 6.62. The van der Waals surface area contributed by atoms with Gasteiger partial charge in [-0.1, -0.05) is 28.1 Å². The summed E-state index contributed by atoms with van der Waals surface area (Å²) in [7, 11) is 3.86. The number of ether oxygens (including phenoxy) is 1. The molecule has 0 radical (unpaired) electrons. The van der Waals surface area contributed by atoms with Crippen molar-refractivity contribution in [3.05, 3.63) is 64.1 Å². The molecule has 0 saturated carbocycles. The summed E-state index contributed by atoms with van der Waals surface area (Å²) >= 11 is 3.42. The van der Waals surface area contributed by atoms with Gasteiger partial charge in [0.2, 0.25) is 5.91 Å². The van der Waals surface area contributed by atoms with E-state index in [1.54, 1.807) is 17.0 Å². The van der Waals surface area contributed by atoms with Crippen LogP contribution >= 0.6 is 15.9 Å². The second-order valence-corrected chi connectivity index (χ2v) is 9.29. The largest absolute Gasteiger partial charge is 0.378 e. The molecule has 2 saturated heterocycles. The summed E-state index contributed by atoms with van der Waals surface area (Å²) in [6.07, 6.45) is 0.720. The number of rotatable bonds is 6. The molecular weight excluding hydrogens is 474 g/mol. The van der Waals surface area contributed by atoms with Crippen molar-refractivity contribution < 1.29 is 19.1 Å². The molecule has 2 amide bonds. The fraction of sp³-hybridized carbons (Fsp3) is 0.375. The first-order valence-electron chi connectivity index (χ1n) is 10.6. The van der Waals surface area contributed by atoms with Gasteiger partial charge < -0.3 is 19.9 Å². The van der Waals surface area contributed by atoms with Crippen LogP contribution in [0.4, 0.5) is 5.69 Å². The third-order valence-corrected chi connectivity index (χ3v) is 6.53. The number of benzene rings is 2. The molecule has 2 fully saturated rings. The topological polar surface area (TPSA) is 79.0 Å². The molecule has 168 valence electrons. The van der Waals surface area contributed by atoms with Crippen molar-refractivity contribution in [3.8, 4) is 0 Å². The molecule has 32 heavy (non-hydrogen) atoms. The molecule has 0 bridgehead atoms. The number of Topliss-reactive ketones (excluding diaryl/α,β-unsaturated/α-hetero) is 1. The van der Waals surface area contributed by atoms with Crippen LogP contribution in [0.5, 0.6) is 0 Å². The molecule has 3 unspecified atom stereocenters. The maximum absolute atomic E-state index is 13.5. The molecule has 3 atom stereocenters. The Morgan fingerprint density at radius 1 is 1.16 bits per heavy atom. The number of likely N-dealkylation sites (tertiary alicyclic amines) is 1. The monoisotopic (exact) mass is 499 g/mol. The van der Waals surface area contributed by atoms with Gasteiger partial charge in [-0.15, -0.1) is 0 Å². The number of hydrogen-bond donors (Lipinski definition) is 1. The van der Waals surface area contributed by atoms with Crippen LogP contribution in [0.2, 0.25) is 0 Å². The summed E-state index contributed by atoms with van der Waals surface area (Å²) in [6, 6.07) is 13.5. The highest BCUT2D eigenvalue weighted by Crippen LogP contribution is 2.28. The van der Waals surface area contributed by atoms with E-state index in [0.717, 1.165) is 15.7 Å². The van der Waals surface area contributed by atoms with E-state index >= 15 is 0 Å². The predicted octanol–water partition coefficient (Wildman–Crippen LogP) is 2.42. The highest BCUT2D eigenvalue weighted by atomic mass is 79.9. The van der Waals surface area contributed by atoms with Gasteiger partial charge in [0.1, 0.15) is 18.7 Å². The minimum absolute atomic E-state index is 0.0427. The number of hydrogen-bond acceptors (Lipinski definition) is 5. The molecule has 7 nitrogen and oxygen atoms in total. The average Bonchev–Trinajstić information content (AvgIpc) is 3.37. The highest BCUT2D eigenvalue weighted by molar-refractivity contribution is 9.10. The van der Waals surface area contributed by atoms with Crippen LogP contribution in [0.25, 0.3) is 0 Å². The summed E-state index contributed by atoms with van der Waals surface area (Å²) in [5.41, 5.74) is 2.37. The van der Waals surface area contributed by atoms with Crippen LogP contribution in [-0.4, -0.2) is 67.9 Å². The second-order valence-electron chi connectivity index (χ2n) is 8.38. The first-order valence-corrected chi connectivity index (χ1v) is 11.4. The minimum Gasteiger partial charge on any atom is -0.378 e. The van der Waals surface area contributed by atoms with E-state index in [4.69, 9.17) is 4.74 Å². The number of nitrogens with one attached hydrogen (secondary N) is 1. The van der Waals surface area contributed by atoms with Crippen molar-refractivity contribution in [1.29, 1.82) is 0 Å². The van der Waals surface area contributed by atoms with Crippen LogP contribution in [0, 0.1) is 0 Å². The van der Waals surface area contributed by atoms with Gasteiger partial charge in [-0.3, -0.25) is 14.4 Å². The Morgan fingerprint density at radius 2 is 1.84 bits per heavy atom. The molecule has 4 rings (SSSR count). The zero-order valence-electron chi connectivity index (χ0n) is 18.1. The lowest BCUT2D eigenvalue weighted by Gasteiger charge is -2.27. The van der Waals surface area contributed by atoms with Crippen molar-refractivity contribution >= 4 is 39.2 Å². The third-order valence-electron chi connectivity index (χ3n) is 6.00. The van der Waals surface area contributed by atoms with E-state index in [0.29, 0.717) is 24.9 Å². The Hall–Kier alpha value is -2.71. The number of carbonyl (C=O) groups is 3. The molecule has 8 heteroatoms. The van der Waals surface area contributed by atoms with Gasteiger partial charge in [0.15, 0.2) is 5.78 Å². The smallest absolute Gasteiger partial charge is 0.251 e. The van der Waals surface area contributed by atoms with Gasteiger partial charge in [0, 0.05) is 42.8 Å². The van der Waals surface area contributed by atoms with Crippen molar-refractivity contribution in [3.63, 3.8) is 0 Å². The van der Waals surface area contributed by atoms with Crippen molar-refractivity contribution in [1.82, 2.24) is 10.2 Å². The van der Waals surface area contributed by atoms with Gasteiger partial charge in [-0.2, -0.15) is 0 Å².